The van der Waals surface area contributed by atoms with Crippen molar-refractivity contribution in [2.24, 2.45) is 10.8 Å². The zero-order chi connectivity index (χ0) is 18.4. The lowest BCUT2D eigenvalue weighted by Crippen LogP contribution is -2.24. The molecule has 3 N–H and O–H groups in total. The fraction of sp³-hybridized carbons (Fsp3) is 0.125. The fourth-order valence-corrected chi connectivity index (χ4v) is 2.58. The summed E-state index contributed by atoms with van der Waals surface area (Å²) in [5.74, 6) is 1.09. The number of nitrogens with two attached hydrogens (primary N) is 1. The molecule has 132 valence electrons. The molecule has 0 saturated heterocycles. The van der Waals surface area contributed by atoms with Gasteiger partial charge < -0.3 is 15.2 Å². The highest BCUT2D eigenvalue weighted by molar-refractivity contribution is 7.80. The number of thiocarbonyl (C=S) groups is 1. The van der Waals surface area contributed by atoms with Crippen LogP contribution >= 0.6 is 47.0 Å². The molecule has 0 fully saturated rings. The van der Waals surface area contributed by atoms with E-state index in [0.717, 1.165) is 11.1 Å². The lowest BCUT2D eigenvalue weighted by atomic mass is 10.1. The van der Waals surface area contributed by atoms with Crippen LogP contribution in [0.25, 0.3) is 0 Å². The van der Waals surface area contributed by atoms with Crippen molar-refractivity contribution < 1.29 is 9.47 Å². The monoisotopic (exact) mass is 417 g/mol. The molecule has 2 rings (SSSR count). The molecule has 5 nitrogen and oxygen atoms in total. The first kappa shape index (κ1) is 19.6. The predicted molar refractivity (Wildman–Crippen MR) is 106 cm³/mol. The van der Waals surface area contributed by atoms with Crippen LogP contribution in [0.15, 0.2) is 35.4 Å². The second kappa shape index (κ2) is 9.10. The van der Waals surface area contributed by atoms with E-state index < -0.39 is 0 Å². The molecule has 0 atom stereocenters. The van der Waals surface area contributed by atoms with Crippen LogP contribution in [0.3, 0.4) is 0 Å². The van der Waals surface area contributed by atoms with E-state index in [-0.39, 0.29) is 11.7 Å². The Kier molecular flexibility index (Phi) is 7.13. The van der Waals surface area contributed by atoms with Crippen LogP contribution in [0.4, 0.5) is 0 Å². The van der Waals surface area contributed by atoms with E-state index in [1.807, 2.05) is 12.1 Å². The van der Waals surface area contributed by atoms with Gasteiger partial charge in [0.25, 0.3) is 0 Å². The Bertz CT molecular complexity index is 815. The highest BCUT2D eigenvalue weighted by Crippen LogP contribution is 2.34. The molecular weight excluding hydrogens is 405 g/mol. The van der Waals surface area contributed by atoms with Gasteiger partial charge in [-0.15, -0.1) is 0 Å². The first-order chi connectivity index (χ1) is 11.9. The van der Waals surface area contributed by atoms with E-state index in [1.54, 1.807) is 25.5 Å². The van der Waals surface area contributed by atoms with Gasteiger partial charge in [0.1, 0.15) is 18.1 Å². The molecule has 0 radical (unpaired) electrons. The number of halogens is 3. The summed E-state index contributed by atoms with van der Waals surface area (Å²) in [6.45, 7) is 0.214. The SMILES string of the molecule is COc1ccc(C=NNC(N)=S)cc1COc1cc(Cl)c(Cl)cc1Cl. The summed E-state index contributed by atoms with van der Waals surface area (Å²) in [6, 6.07) is 8.59. The molecule has 2 aromatic carbocycles. The van der Waals surface area contributed by atoms with Crippen LogP contribution in [0.2, 0.25) is 15.1 Å². The first-order valence-corrected chi connectivity index (χ1v) is 8.47. The number of ether oxygens (including phenoxy) is 2. The van der Waals surface area contributed by atoms with Crippen LogP contribution in [0, 0.1) is 0 Å². The Hall–Kier alpha value is -1.73. The number of nitrogens with one attached hydrogen (secondary N) is 1. The van der Waals surface area contributed by atoms with Crippen LogP contribution in [0.5, 0.6) is 11.5 Å². The minimum absolute atomic E-state index is 0.0857. The van der Waals surface area contributed by atoms with Crippen molar-refractivity contribution in [1.29, 1.82) is 0 Å². The molecule has 0 saturated carbocycles. The summed E-state index contributed by atoms with van der Waals surface area (Å²) >= 11 is 22.7. The number of hydrogen-bond acceptors (Lipinski definition) is 4. The molecule has 25 heavy (non-hydrogen) atoms. The normalized spacial score (nSPS) is 10.7. The second-order valence-electron chi connectivity index (χ2n) is 4.79. The van der Waals surface area contributed by atoms with E-state index in [9.17, 15) is 0 Å². The van der Waals surface area contributed by atoms with Gasteiger partial charge in [0.15, 0.2) is 5.11 Å². The number of hydrogen-bond donors (Lipinski definition) is 2. The van der Waals surface area contributed by atoms with Crippen molar-refractivity contribution in [2.75, 3.05) is 7.11 Å². The van der Waals surface area contributed by atoms with Crippen molar-refractivity contribution in [3.05, 3.63) is 56.5 Å². The van der Waals surface area contributed by atoms with Crippen LogP contribution in [0.1, 0.15) is 11.1 Å². The fourth-order valence-electron chi connectivity index (χ4n) is 1.93. The molecule has 0 aromatic heterocycles. The second-order valence-corrected chi connectivity index (χ2v) is 6.45. The molecule has 0 bridgehead atoms. The summed E-state index contributed by atoms with van der Waals surface area (Å²) < 4.78 is 11.1. The minimum atomic E-state index is 0.0857. The maximum absolute atomic E-state index is 6.12. The molecule has 0 unspecified atom stereocenters. The van der Waals surface area contributed by atoms with Crippen LogP contribution in [-0.2, 0) is 6.61 Å². The summed E-state index contributed by atoms with van der Waals surface area (Å²) in [5.41, 5.74) is 9.41. The Balaban J connectivity index is 2.18. The lowest BCUT2D eigenvalue weighted by Gasteiger charge is -2.12. The van der Waals surface area contributed by atoms with Gasteiger partial charge >= 0.3 is 0 Å². The Labute approximate surface area is 165 Å². The average molecular weight is 419 g/mol. The molecule has 0 heterocycles. The quantitative estimate of drug-likeness (QED) is 0.315. The topological polar surface area (TPSA) is 68.9 Å². The molecule has 2 aromatic rings. The van der Waals surface area contributed by atoms with Crippen molar-refractivity contribution >= 4 is 58.3 Å². The van der Waals surface area contributed by atoms with E-state index in [1.165, 1.54) is 6.07 Å². The minimum Gasteiger partial charge on any atom is -0.496 e. The smallest absolute Gasteiger partial charge is 0.184 e. The van der Waals surface area contributed by atoms with Gasteiger partial charge in [-0.2, -0.15) is 5.10 Å². The Morgan fingerprint density at radius 1 is 1.16 bits per heavy atom. The van der Waals surface area contributed by atoms with Gasteiger partial charge in [0.05, 0.1) is 28.4 Å². The maximum atomic E-state index is 6.12. The van der Waals surface area contributed by atoms with Crippen molar-refractivity contribution in [3.8, 4) is 11.5 Å². The van der Waals surface area contributed by atoms with Crippen molar-refractivity contribution in [2.45, 2.75) is 6.61 Å². The number of methoxy groups -OCH3 is 1. The third-order valence-electron chi connectivity index (χ3n) is 3.05. The highest BCUT2D eigenvalue weighted by atomic mass is 35.5. The van der Waals surface area contributed by atoms with Crippen molar-refractivity contribution in [1.82, 2.24) is 5.43 Å². The van der Waals surface area contributed by atoms with E-state index in [4.69, 9.17) is 50.0 Å². The lowest BCUT2D eigenvalue weighted by molar-refractivity contribution is 0.297. The van der Waals surface area contributed by atoms with Gasteiger partial charge in [0, 0.05) is 11.6 Å². The predicted octanol–water partition coefficient (Wildman–Crippen LogP) is 4.40. The van der Waals surface area contributed by atoms with E-state index in [2.05, 4.69) is 22.7 Å². The van der Waals surface area contributed by atoms with Gasteiger partial charge in [0.2, 0.25) is 0 Å². The third-order valence-corrected chi connectivity index (χ3v) is 4.16. The molecule has 9 heteroatoms. The van der Waals surface area contributed by atoms with Crippen LogP contribution < -0.4 is 20.6 Å². The Morgan fingerprint density at radius 3 is 2.56 bits per heavy atom. The summed E-state index contributed by atoms with van der Waals surface area (Å²) in [4.78, 5) is 0. The molecular formula is C16H14Cl3N3O2S. The number of hydrazone groups is 1. The van der Waals surface area contributed by atoms with E-state index >= 15 is 0 Å². The van der Waals surface area contributed by atoms with Crippen LogP contribution in [-0.4, -0.2) is 18.4 Å². The standard InChI is InChI=1S/C16H14Cl3N3O2S/c1-23-14-3-2-9(7-21-22-16(20)25)4-10(14)8-24-15-6-12(18)11(17)5-13(15)19/h2-7H,8H2,1H3,(H3,20,22,25). The van der Waals surface area contributed by atoms with Gasteiger partial charge in [-0.25, -0.2) is 0 Å². The zero-order valence-corrected chi connectivity index (χ0v) is 16.1. The van der Waals surface area contributed by atoms with Gasteiger partial charge in [-0.05, 0) is 42.0 Å². The molecule has 0 spiro atoms. The van der Waals surface area contributed by atoms with Gasteiger partial charge in [-0.1, -0.05) is 34.8 Å². The first-order valence-electron chi connectivity index (χ1n) is 6.93. The third kappa shape index (κ3) is 5.64. The Morgan fingerprint density at radius 2 is 1.88 bits per heavy atom. The van der Waals surface area contributed by atoms with Gasteiger partial charge in [-0.3, -0.25) is 5.43 Å². The maximum Gasteiger partial charge on any atom is 0.184 e. The summed E-state index contributed by atoms with van der Waals surface area (Å²) in [6.07, 6.45) is 1.58. The van der Waals surface area contributed by atoms with E-state index in [0.29, 0.717) is 26.6 Å². The number of benzene rings is 2. The number of nitrogens with zero attached hydrogens (tertiary/aromatic N) is 1. The summed E-state index contributed by atoms with van der Waals surface area (Å²) in [7, 11) is 1.58. The largest absolute Gasteiger partial charge is 0.496 e. The van der Waals surface area contributed by atoms with Crippen molar-refractivity contribution in [3.63, 3.8) is 0 Å². The molecule has 0 amide bonds. The summed E-state index contributed by atoms with van der Waals surface area (Å²) in [5, 5.41) is 5.09. The zero-order valence-electron chi connectivity index (χ0n) is 13.1. The number of rotatable bonds is 6. The molecule has 0 aliphatic heterocycles. The molecule has 0 aliphatic rings. The highest BCUT2D eigenvalue weighted by Gasteiger charge is 2.10. The molecule has 0 aliphatic carbocycles. The average Bonchev–Trinajstić information content (AvgIpc) is 2.56.